The lowest BCUT2D eigenvalue weighted by Crippen LogP contribution is -2.14. The fourth-order valence-corrected chi connectivity index (χ4v) is 3.50. The van der Waals surface area contributed by atoms with Crippen molar-refractivity contribution < 1.29 is 9.53 Å². The maximum atomic E-state index is 13.2. The van der Waals surface area contributed by atoms with Crippen molar-refractivity contribution in [2.24, 2.45) is 0 Å². The van der Waals surface area contributed by atoms with Crippen LogP contribution < -0.4 is 10.1 Å². The zero-order chi connectivity index (χ0) is 20.4. The van der Waals surface area contributed by atoms with E-state index in [4.69, 9.17) is 21.3 Å². The number of ether oxygens (including phenoxy) is 1. The van der Waals surface area contributed by atoms with Crippen molar-refractivity contribution in [1.29, 1.82) is 0 Å². The standard InChI is InChI=1S/C24H19ClN2O2/c1-15-7-3-4-8-17(15)21-14-19(18-9-5-6-10-20(18)26-21)24(28)27-22-13-16(25)11-12-23(22)29-2/h3-14H,1-2H3,(H,27,28). The van der Waals surface area contributed by atoms with Crippen LogP contribution in [0.25, 0.3) is 22.2 Å². The highest BCUT2D eigenvalue weighted by atomic mass is 35.5. The third-order valence-electron chi connectivity index (χ3n) is 4.79. The summed E-state index contributed by atoms with van der Waals surface area (Å²) in [7, 11) is 1.55. The Balaban J connectivity index is 1.83. The van der Waals surface area contributed by atoms with E-state index >= 15 is 0 Å². The SMILES string of the molecule is COc1ccc(Cl)cc1NC(=O)c1cc(-c2ccccc2C)nc2ccccc12. The van der Waals surface area contributed by atoms with Gasteiger partial charge >= 0.3 is 0 Å². The molecule has 0 radical (unpaired) electrons. The van der Waals surface area contributed by atoms with Gasteiger partial charge in [-0.3, -0.25) is 4.79 Å². The minimum Gasteiger partial charge on any atom is -0.495 e. The quantitative estimate of drug-likeness (QED) is 0.447. The molecule has 4 aromatic rings. The molecule has 4 nitrogen and oxygen atoms in total. The van der Waals surface area contributed by atoms with Crippen molar-refractivity contribution in [3.05, 3.63) is 88.9 Å². The van der Waals surface area contributed by atoms with Gasteiger partial charge < -0.3 is 10.1 Å². The molecular weight excluding hydrogens is 384 g/mol. The van der Waals surface area contributed by atoms with E-state index in [1.807, 2.05) is 61.5 Å². The molecule has 0 aliphatic rings. The van der Waals surface area contributed by atoms with Crippen molar-refractivity contribution in [2.75, 3.05) is 12.4 Å². The Kier molecular flexibility index (Phi) is 5.19. The zero-order valence-corrected chi connectivity index (χ0v) is 16.8. The average molecular weight is 403 g/mol. The number of para-hydroxylation sites is 1. The van der Waals surface area contributed by atoms with Crippen LogP contribution in [-0.4, -0.2) is 18.0 Å². The van der Waals surface area contributed by atoms with E-state index in [0.29, 0.717) is 22.0 Å². The van der Waals surface area contributed by atoms with Crippen LogP contribution in [0.5, 0.6) is 5.75 Å². The Morgan fingerprint density at radius 3 is 2.55 bits per heavy atom. The number of pyridine rings is 1. The molecule has 1 amide bonds. The summed E-state index contributed by atoms with van der Waals surface area (Å²) in [5.74, 6) is 0.291. The van der Waals surface area contributed by atoms with Crippen LogP contribution in [0.3, 0.4) is 0 Å². The number of amides is 1. The van der Waals surface area contributed by atoms with E-state index in [-0.39, 0.29) is 5.91 Å². The molecule has 0 saturated carbocycles. The Labute approximate surface area is 174 Å². The van der Waals surface area contributed by atoms with Crippen molar-refractivity contribution in [3.63, 3.8) is 0 Å². The summed E-state index contributed by atoms with van der Waals surface area (Å²) >= 11 is 6.10. The fraction of sp³-hybridized carbons (Fsp3) is 0.0833. The van der Waals surface area contributed by atoms with Crippen molar-refractivity contribution in [3.8, 4) is 17.0 Å². The molecule has 0 saturated heterocycles. The monoisotopic (exact) mass is 402 g/mol. The maximum Gasteiger partial charge on any atom is 0.256 e. The number of hydrogen-bond acceptors (Lipinski definition) is 3. The number of aromatic nitrogens is 1. The van der Waals surface area contributed by atoms with Gasteiger partial charge in [0.15, 0.2) is 0 Å². The predicted octanol–water partition coefficient (Wildman–Crippen LogP) is 6.12. The van der Waals surface area contributed by atoms with Gasteiger partial charge in [0.2, 0.25) is 0 Å². The first-order chi connectivity index (χ1) is 14.1. The number of carbonyl (C=O) groups is 1. The van der Waals surface area contributed by atoms with E-state index in [0.717, 1.165) is 27.7 Å². The summed E-state index contributed by atoms with van der Waals surface area (Å²) < 4.78 is 5.35. The largest absolute Gasteiger partial charge is 0.495 e. The fourth-order valence-electron chi connectivity index (χ4n) is 3.33. The van der Waals surface area contributed by atoms with Gasteiger partial charge in [0.05, 0.1) is 29.6 Å². The number of hydrogen-bond donors (Lipinski definition) is 1. The number of carbonyl (C=O) groups excluding carboxylic acids is 1. The molecule has 0 spiro atoms. The molecule has 0 aliphatic heterocycles. The van der Waals surface area contributed by atoms with E-state index in [9.17, 15) is 4.79 Å². The Morgan fingerprint density at radius 2 is 1.76 bits per heavy atom. The third kappa shape index (κ3) is 3.80. The molecule has 1 aromatic heterocycles. The van der Waals surface area contributed by atoms with Crippen LogP contribution >= 0.6 is 11.6 Å². The lowest BCUT2D eigenvalue weighted by molar-refractivity contribution is 0.102. The van der Waals surface area contributed by atoms with Crippen molar-refractivity contribution in [1.82, 2.24) is 4.98 Å². The molecule has 0 unspecified atom stereocenters. The van der Waals surface area contributed by atoms with Gasteiger partial charge in [0.25, 0.3) is 5.91 Å². The Hall–Kier alpha value is -3.37. The van der Waals surface area contributed by atoms with Gasteiger partial charge in [0, 0.05) is 16.0 Å². The van der Waals surface area contributed by atoms with Gasteiger partial charge in [-0.15, -0.1) is 0 Å². The number of methoxy groups -OCH3 is 1. The number of nitrogens with zero attached hydrogens (tertiary/aromatic N) is 1. The summed E-state index contributed by atoms with van der Waals surface area (Å²) in [6.07, 6.45) is 0. The molecule has 4 rings (SSSR count). The molecule has 5 heteroatoms. The molecule has 0 aliphatic carbocycles. The summed E-state index contributed by atoms with van der Waals surface area (Å²) in [6, 6.07) is 22.6. The van der Waals surface area contributed by atoms with Gasteiger partial charge in [-0.1, -0.05) is 54.1 Å². The van der Waals surface area contributed by atoms with Gasteiger partial charge in [-0.2, -0.15) is 0 Å². The highest BCUT2D eigenvalue weighted by Crippen LogP contribution is 2.30. The second-order valence-electron chi connectivity index (χ2n) is 6.69. The van der Waals surface area contributed by atoms with Gasteiger partial charge in [0.1, 0.15) is 5.75 Å². The highest BCUT2D eigenvalue weighted by molar-refractivity contribution is 6.31. The number of rotatable bonds is 4. The minimum absolute atomic E-state index is 0.251. The summed E-state index contributed by atoms with van der Waals surface area (Å²) in [4.78, 5) is 18.0. The van der Waals surface area contributed by atoms with E-state index in [2.05, 4.69) is 5.32 Å². The number of benzene rings is 3. The second kappa shape index (κ2) is 7.94. The first kappa shape index (κ1) is 19.0. The second-order valence-corrected chi connectivity index (χ2v) is 7.12. The molecule has 1 N–H and O–H groups in total. The predicted molar refractivity (Wildman–Crippen MR) is 118 cm³/mol. The maximum absolute atomic E-state index is 13.2. The zero-order valence-electron chi connectivity index (χ0n) is 16.1. The van der Waals surface area contributed by atoms with Crippen LogP contribution in [0.4, 0.5) is 5.69 Å². The molecule has 3 aromatic carbocycles. The highest BCUT2D eigenvalue weighted by Gasteiger charge is 2.16. The number of nitrogens with one attached hydrogen (secondary N) is 1. The topological polar surface area (TPSA) is 51.2 Å². The smallest absolute Gasteiger partial charge is 0.256 e. The number of aryl methyl sites for hydroxylation is 1. The van der Waals surface area contributed by atoms with Crippen LogP contribution in [0, 0.1) is 6.92 Å². The first-order valence-electron chi connectivity index (χ1n) is 9.17. The molecular formula is C24H19ClN2O2. The van der Waals surface area contributed by atoms with Gasteiger partial charge in [-0.25, -0.2) is 4.98 Å². The number of halogens is 1. The van der Waals surface area contributed by atoms with E-state index < -0.39 is 0 Å². The van der Waals surface area contributed by atoms with E-state index in [1.165, 1.54) is 0 Å². The van der Waals surface area contributed by atoms with Crippen LogP contribution in [-0.2, 0) is 0 Å². The normalized spacial score (nSPS) is 10.7. The van der Waals surface area contributed by atoms with Crippen LogP contribution in [0.15, 0.2) is 72.8 Å². The lowest BCUT2D eigenvalue weighted by Gasteiger charge is -2.13. The van der Waals surface area contributed by atoms with Crippen LogP contribution in [0.1, 0.15) is 15.9 Å². The average Bonchev–Trinajstić information content (AvgIpc) is 2.73. The molecule has 29 heavy (non-hydrogen) atoms. The molecule has 0 fully saturated rings. The summed E-state index contributed by atoms with van der Waals surface area (Å²) in [5, 5.41) is 4.22. The minimum atomic E-state index is -0.251. The number of fused-ring (bicyclic) bond motifs is 1. The first-order valence-corrected chi connectivity index (χ1v) is 9.55. The molecule has 1 heterocycles. The lowest BCUT2D eigenvalue weighted by atomic mass is 10.0. The third-order valence-corrected chi connectivity index (χ3v) is 5.03. The van der Waals surface area contributed by atoms with Crippen molar-refractivity contribution in [2.45, 2.75) is 6.92 Å². The van der Waals surface area contributed by atoms with E-state index in [1.54, 1.807) is 25.3 Å². The van der Waals surface area contributed by atoms with Gasteiger partial charge in [-0.05, 0) is 42.8 Å². The number of anilines is 1. The Bertz CT molecular complexity index is 1220. The summed E-state index contributed by atoms with van der Waals surface area (Å²) in [6.45, 7) is 2.03. The van der Waals surface area contributed by atoms with Crippen LogP contribution in [0.2, 0.25) is 5.02 Å². The molecule has 0 atom stereocenters. The molecule has 0 bridgehead atoms. The molecule has 144 valence electrons. The van der Waals surface area contributed by atoms with Crippen molar-refractivity contribution >= 4 is 34.1 Å². The Morgan fingerprint density at radius 1 is 1.00 bits per heavy atom. The summed E-state index contributed by atoms with van der Waals surface area (Å²) in [5.41, 5.74) is 4.66.